The van der Waals surface area contributed by atoms with Gasteiger partial charge in [0.25, 0.3) is 0 Å². The van der Waals surface area contributed by atoms with Gasteiger partial charge in [-0.25, -0.2) is 17.6 Å². The second kappa shape index (κ2) is 6.47. The summed E-state index contributed by atoms with van der Waals surface area (Å²) in [6.07, 6.45) is 3.11. The van der Waals surface area contributed by atoms with Crippen molar-refractivity contribution in [1.82, 2.24) is 9.78 Å². The van der Waals surface area contributed by atoms with Gasteiger partial charge in [-0.05, 0) is 15.9 Å². The minimum Gasteiger partial charge on any atom is -0.321 e. The van der Waals surface area contributed by atoms with Crippen molar-refractivity contribution in [3.8, 4) is 0 Å². The zero-order chi connectivity index (χ0) is 16.4. The largest absolute Gasteiger partial charge is 0.321 e. The van der Waals surface area contributed by atoms with Gasteiger partial charge in [-0.3, -0.25) is 9.48 Å². The molecule has 0 saturated carbocycles. The Morgan fingerprint density at radius 2 is 1.91 bits per heavy atom. The lowest BCUT2D eigenvalue weighted by Gasteiger charge is -2.13. The Bertz CT molecular complexity index is 693. The number of amides is 1. The molecule has 1 atom stereocenters. The molecule has 22 heavy (non-hydrogen) atoms. The quantitative estimate of drug-likeness (QED) is 0.652. The Labute approximate surface area is 131 Å². The maximum atomic E-state index is 13.5. The molecule has 4 nitrogen and oxygen atoms in total. The summed E-state index contributed by atoms with van der Waals surface area (Å²) in [5.74, 6) is -8.01. The highest BCUT2D eigenvalue weighted by atomic mass is 79.9. The van der Waals surface area contributed by atoms with Gasteiger partial charge in [0.1, 0.15) is 5.69 Å². The minimum atomic E-state index is -1.65. The molecule has 2 rings (SSSR count). The van der Waals surface area contributed by atoms with Gasteiger partial charge in [-0.15, -0.1) is 0 Å². The van der Waals surface area contributed by atoms with Crippen LogP contribution in [0.4, 0.5) is 23.2 Å². The van der Waals surface area contributed by atoms with Gasteiger partial charge in [-0.2, -0.15) is 5.10 Å². The number of aromatic nitrogens is 2. The van der Waals surface area contributed by atoms with Gasteiger partial charge >= 0.3 is 0 Å². The molecule has 0 aliphatic rings. The first kappa shape index (κ1) is 16.5. The number of nitrogens with zero attached hydrogens (tertiary/aromatic N) is 2. The van der Waals surface area contributed by atoms with E-state index in [1.165, 1.54) is 17.8 Å². The smallest absolute Gasteiger partial charge is 0.229 e. The predicted molar refractivity (Wildman–Crippen MR) is 74.0 cm³/mol. The van der Waals surface area contributed by atoms with E-state index in [0.717, 1.165) is 0 Å². The normalized spacial score (nSPS) is 12.3. The molecule has 1 aromatic heterocycles. The Morgan fingerprint density at radius 3 is 2.41 bits per heavy atom. The molecule has 1 aromatic carbocycles. The molecule has 0 aliphatic carbocycles. The van der Waals surface area contributed by atoms with Crippen molar-refractivity contribution in [2.45, 2.75) is 13.5 Å². The van der Waals surface area contributed by atoms with Crippen LogP contribution >= 0.6 is 15.9 Å². The summed E-state index contributed by atoms with van der Waals surface area (Å²) in [5, 5.41) is 5.80. The second-order valence-corrected chi connectivity index (χ2v) is 5.53. The molecule has 2 aromatic rings. The molecule has 0 bridgehead atoms. The number of rotatable bonds is 4. The highest BCUT2D eigenvalue weighted by Crippen LogP contribution is 2.24. The van der Waals surface area contributed by atoms with E-state index in [9.17, 15) is 22.4 Å². The molecule has 0 aliphatic heterocycles. The third kappa shape index (κ3) is 3.46. The zero-order valence-electron chi connectivity index (χ0n) is 11.2. The van der Waals surface area contributed by atoms with E-state index >= 15 is 0 Å². The van der Waals surface area contributed by atoms with Gasteiger partial charge in [0, 0.05) is 12.3 Å². The van der Waals surface area contributed by atoms with Crippen LogP contribution in [0.15, 0.2) is 22.9 Å². The third-order valence-electron chi connectivity index (χ3n) is 2.87. The number of halogens is 5. The molecule has 0 fully saturated rings. The van der Waals surface area contributed by atoms with E-state index in [4.69, 9.17) is 0 Å². The summed E-state index contributed by atoms with van der Waals surface area (Å²) in [4.78, 5) is 11.9. The van der Waals surface area contributed by atoms with E-state index in [0.29, 0.717) is 4.47 Å². The van der Waals surface area contributed by atoms with Crippen LogP contribution in [0.25, 0.3) is 0 Å². The lowest BCUT2D eigenvalue weighted by atomic mass is 10.1. The van der Waals surface area contributed by atoms with Gasteiger partial charge in [0.05, 0.1) is 23.1 Å². The van der Waals surface area contributed by atoms with Crippen LogP contribution in [0.3, 0.4) is 0 Å². The van der Waals surface area contributed by atoms with Crippen molar-refractivity contribution in [3.63, 3.8) is 0 Å². The predicted octanol–water partition coefficient (Wildman–Crippen LogP) is 3.48. The van der Waals surface area contributed by atoms with Crippen LogP contribution in [-0.2, 0) is 11.3 Å². The van der Waals surface area contributed by atoms with Crippen LogP contribution in [0.1, 0.15) is 6.92 Å². The Kier molecular flexibility index (Phi) is 4.84. The van der Waals surface area contributed by atoms with Crippen LogP contribution in [0, 0.1) is 29.2 Å². The van der Waals surface area contributed by atoms with E-state index in [-0.39, 0.29) is 12.6 Å². The third-order valence-corrected chi connectivity index (χ3v) is 3.28. The number of hydrogen-bond donors (Lipinski definition) is 1. The van der Waals surface area contributed by atoms with Gasteiger partial charge in [-0.1, -0.05) is 6.92 Å². The van der Waals surface area contributed by atoms with E-state index < -0.39 is 40.8 Å². The fourth-order valence-corrected chi connectivity index (χ4v) is 2.06. The number of benzene rings is 1. The highest BCUT2D eigenvalue weighted by molar-refractivity contribution is 9.10. The van der Waals surface area contributed by atoms with Crippen LogP contribution in [0.5, 0.6) is 0 Å². The first-order valence-corrected chi connectivity index (χ1v) is 6.90. The average molecular weight is 380 g/mol. The molecule has 118 valence electrons. The summed E-state index contributed by atoms with van der Waals surface area (Å²) in [6, 6.07) is 0.0744. The molecular weight excluding hydrogens is 370 g/mol. The van der Waals surface area contributed by atoms with Crippen molar-refractivity contribution in [3.05, 3.63) is 46.2 Å². The summed E-state index contributed by atoms with van der Waals surface area (Å²) in [6.45, 7) is 1.61. The summed E-state index contributed by atoms with van der Waals surface area (Å²) in [5.41, 5.74) is -1.14. The lowest BCUT2D eigenvalue weighted by molar-refractivity contribution is -0.119. The van der Waals surface area contributed by atoms with Gasteiger partial charge in [0.2, 0.25) is 5.91 Å². The Balaban J connectivity index is 2.15. The second-order valence-electron chi connectivity index (χ2n) is 4.61. The van der Waals surface area contributed by atoms with E-state index in [2.05, 4.69) is 21.0 Å². The standard InChI is InChI=1S/C13H10BrF4N3O/c1-6(4-21-5-7(14)3-19-21)13(22)20-12-10(17)8(15)2-9(16)11(12)18/h2-3,5-6H,4H2,1H3,(H,20,22). The summed E-state index contributed by atoms with van der Waals surface area (Å²) >= 11 is 3.18. The molecule has 1 heterocycles. The maximum Gasteiger partial charge on any atom is 0.229 e. The number of carbonyl (C=O) groups is 1. The molecule has 1 unspecified atom stereocenters. The lowest BCUT2D eigenvalue weighted by Crippen LogP contribution is -2.26. The Morgan fingerprint density at radius 1 is 1.32 bits per heavy atom. The molecule has 9 heteroatoms. The zero-order valence-corrected chi connectivity index (χ0v) is 12.8. The number of hydrogen-bond acceptors (Lipinski definition) is 2. The minimum absolute atomic E-state index is 0.0744. The van der Waals surface area contributed by atoms with Crippen LogP contribution in [-0.4, -0.2) is 15.7 Å². The van der Waals surface area contributed by atoms with E-state index in [1.54, 1.807) is 6.20 Å². The topological polar surface area (TPSA) is 46.9 Å². The first-order valence-electron chi connectivity index (χ1n) is 6.11. The molecule has 1 N–H and O–H groups in total. The Hall–Kier alpha value is -1.90. The monoisotopic (exact) mass is 379 g/mol. The number of anilines is 1. The molecule has 0 radical (unpaired) electrons. The van der Waals surface area contributed by atoms with Crippen molar-refractivity contribution in [2.75, 3.05) is 5.32 Å². The molecule has 1 amide bonds. The fourth-order valence-electron chi connectivity index (χ4n) is 1.73. The molecule has 0 spiro atoms. The van der Waals surface area contributed by atoms with Crippen molar-refractivity contribution < 1.29 is 22.4 Å². The fraction of sp³-hybridized carbons (Fsp3) is 0.231. The van der Waals surface area contributed by atoms with Gasteiger partial charge < -0.3 is 5.32 Å². The van der Waals surface area contributed by atoms with Crippen LogP contribution in [0.2, 0.25) is 0 Å². The van der Waals surface area contributed by atoms with Crippen molar-refractivity contribution in [1.29, 1.82) is 0 Å². The number of nitrogens with one attached hydrogen (secondary N) is 1. The SMILES string of the molecule is CC(Cn1cc(Br)cn1)C(=O)Nc1c(F)c(F)cc(F)c1F. The van der Waals surface area contributed by atoms with Crippen molar-refractivity contribution in [2.24, 2.45) is 5.92 Å². The summed E-state index contributed by atoms with van der Waals surface area (Å²) in [7, 11) is 0. The maximum absolute atomic E-state index is 13.5. The van der Waals surface area contributed by atoms with Gasteiger partial charge in [0.15, 0.2) is 23.3 Å². The number of carbonyl (C=O) groups excluding carboxylic acids is 1. The summed E-state index contributed by atoms with van der Waals surface area (Å²) < 4.78 is 55.2. The van der Waals surface area contributed by atoms with E-state index in [1.807, 2.05) is 5.32 Å². The highest BCUT2D eigenvalue weighted by Gasteiger charge is 2.23. The molecular formula is C13H10BrF4N3O. The average Bonchev–Trinajstić information content (AvgIpc) is 2.86. The first-order chi connectivity index (χ1) is 10.3. The van der Waals surface area contributed by atoms with Crippen molar-refractivity contribution >= 4 is 27.5 Å². The van der Waals surface area contributed by atoms with Crippen LogP contribution < -0.4 is 5.32 Å². The molecule has 0 saturated heterocycles.